The number of rotatable bonds is 2. The molecule has 2 aromatic heterocycles. The maximum absolute atomic E-state index is 12.7. The number of hydrogen-bond acceptors (Lipinski definition) is 3. The molecule has 136 valence electrons. The van der Waals surface area contributed by atoms with Crippen LogP contribution in [0.25, 0.3) is 22.5 Å². The van der Waals surface area contributed by atoms with Crippen LogP contribution in [0.15, 0.2) is 27.4 Å². The SMILES string of the molecule is Cc1c(C)n(C2CCCCC2)c2nc(-c3ccc(Cl)cc3Cl)oc(=O)c12. The molecule has 6 heteroatoms. The molecule has 0 aliphatic heterocycles. The van der Waals surface area contributed by atoms with Crippen LogP contribution in [0.1, 0.15) is 49.4 Å². The molecule has 0 N–H and O–H groups in total. The standard InChI is InChI=1S/C20H20Cl2N2O2/c1-11-12(2)24(14-6-4-3-5-7-14)18-17(11)20(25)26-19(23-18)15-9-8-13(21)10-16(15)22/h8-10,14H,3-7H2,1-2H3. The Bertz CT molecular complexity index is 1050. The second-order valence-corrected chi connectivity index (χ2v) is 7.85. The Hall–Kier alpha value is -1.78. The van der Waals surface area contributed by atoms with Crippen molar-refractivity contribution in [1.82, 2.24) is 9.55 Å². The first-order valence-corrected chi connectivity index (χ1v) is 9.70. The summed E-state index contributed by atoms with van der Waals surface area (Å²) in [4.78, 5) is 17.5. The number of halogens is 2. The van der Waals surface area contributed by atoms with Gasteiger partial charge in [-0.25, -0.2) is 4.79 Å². The van der Waals surface area contributed by atoms with Gasteiger partial charge in [0.25, 0.3) is 0 Å². The lowest BCUT2D eigenvalue weighted by atomic mass is 9.95. The Balaban J connectivity index is 1.97. The van der Waals surface area contributed by atoms with Gasteiger partial charge in [-0.2, -0.15) is 4.98 Å². The Morgan fingerprint density at radius 1 is 1.15 bits per heavy atom. The number of nitrogens with zero attached hydrogens (tertiary/aromatic N) is 2. The first-order valence-electron chi connectivity index (χ1n) is 8.95. The fourth-order valence-corrected chi connectivity index (χ4v) is 4.47. The zero-order valence-corrected chi connectivity index (χ0v) is 16.3. The van der Waals surface area contributed by atoms with E-state index in [4.69, 9.17) is 32.6 Å². The Labute approximate surface area is 161 Å². The van der Waals surface area contributed by atoms with Crippen molar-refractivity contribution in [3.8, 4) is 11.5 Å². The van der Waals surface area contributed by atoms with E-state index < -0.39 is 0 Å². The van der Waals surface area contributed by atoms with E-state index in [1.165, 1.54) is 19.3 Å². The smallest absolute Gasteiger partial charge is 0.349 e. The minimum atomic E-state index is -0.369. The first-order chi connectivity index (χ1) is 12.5. The van der Waals surface area contributed by atoms with Crippen molar-refractivity contribution in [2.24, 2.45) is 0 Å². The average molecular weight is 391 g/mol. The predicted octanol–water partition coefficient (Wildman–Crippen LogP) is 6.09. The van der Waals surface area contributed by atoms with Crippen LogP contribution < -0.4 is 5.63 Å². The predicted molar refractivity (Wildman–Crippen MR) is 105 cm³/mol. The van der Waals surface area contributed by atoms with Crippen LogP contribution >= 0.6 is 23.2 Å². The largest absolute Gasteiger partial charge is 0.403 e. The molecule has 2 heterocycles. The van der Waals surface area contributed by atoms with E-state index in [2.05, 4.69) is 11.5 Å². The molecule has 3 aromatic rings. The van der Waals surface area contributed by atoms with Gasteiger partial charge in [-0.1, -0.05) is 42.5 Å². The lowest BCUT2D eigenvalue weighted by Gasteiger charge is -2.25. The molecule has 4 nitrogen and oxygen atoms in total. The van der Waals surface area contributed by atoms with Gasteiger partial charge < -0.3 is 8.98 Å². The van der Waals surface area contributed by atoms with Gasteiger partial charge >= 0.3 is 5.63 Å². The first kappa shape index (κ1) is 17.6. The van der Waals surface area contributed by atoms with Gasteiger partial charge in [0.15, 0.2) is 5.65 Å². The molecule has 1 fully saturated rings. The van der Waals surface area contributed by atoms with Crippen molar-refractivity contribution < 1.29 is 4.42 Å². The molecular weight excluding hydrogens is 371 g/mol. The van der Waals surface area contributed by atoms with Gasteiger partial charge in [-0.05, 0) is 50.5 Å². The van der Waals surface area contributed by atoms with Crippen LogP contribution in [0.5, 0.6) is 0 Å². The molecule has 0 saturated heterocycles. The molecule has 0 spiro atoms. The third kappa shape index (κ3) is 2.85. The number of fused-ring (bicyclic) bond motifs is 1. The Morgan fingerprint density at radius 2 is 1.88 bits per heavy atom. The van der Waals surface area contributed by atoms with E-state index in [9.17, 15) is 4.79 Å². The number of hydrogen-bond donors (Lipinski definition) is 0. The molecule has 4 rings (SSSR count). The fraction of sp³-hybridized carbons (Fsp3) is 0.400. The average Bonchev–Trinajstić information content (AvgIpc) is 2.87. The summed E-state index contributed by atoms with van der Waals surface area (Å²) >= 11 is 12.3. The van der Waals surface area contributed by atoms with Gasteiger partial charge in [0.2, 0.25) is 5.89 Å². The second-order valence-electron chi connectivity index (χ2n) is 7.00. The van der Waals surface area contributed by atoms with Crippen molar-refractivity contribution in [1.29, 1.82) is 0 Å². The molecule has 26 heavy (non-hydrogen) atoms. The van der Waals surface area contributed by atoms with Crippen molar-refractivity contribution in [3.63, 3.8) is 0 Å². The van der Waals surface area contributed by atoms with Crippen molar-refractivity contribution in [2.75, 3.05) is 0 Å². The maximum Gasteiger partial charge on any atom is 0.349 e. The molecule has 0 atom stereocenters. The Morgan fingerprint density at radius 3 is 2.58 bits per heavy atom. The maximum atomic E-state index is 12.7. The van der Waals surface area contributed by atoms with Crippen LogP contribution in [-0.4, -0.2) is 9.55 Å². The molecule has 1 saturated carbocycles. The third-order valence-electron chi connectivity index (χ3n) is 5.43. The quantitative estimate of drug-likeness (QED) is 0.532. The summed E-state index contributed by atoms with van der Waals surface area (Å²) in [5, 5.41) is 1.51. The topological polar surface area (TPSA) is 48.0 Å². The van der Waals surface area contributed by atoms with Gasteiger partial charge in [0.05, 0.1) is 10.6 Å². The highest BCUT2D eigenvalue weighted by Gasteiger charge is 2.25. The number of aryl methyl sites for hydroxylation is 1. The fourth-order valence-electron chi connectivity index (χ4n) is 3.98. The summed E-state index contributed by atoms with van der Waals surface area (Å²) < 4.78 is 7.76. The van der Waals surface area contributed by atoms with E-state index in [0.717, 1.165) is 24.1 Å². The molecule has 0 bridgehead atoms. The van der Waals surface area contributed by atoms with Crippen LogP contribution in [0.3, 0.4) is 0 Å². The zero-order chi connectivity index (χ0) is 18.4. The molecule has 1 aromatic carbocycles. The molecule has 1 aliphatic carbocycles. The van der Waals surface area contributed by atoms with E-state index in [0.29, 0.717) is 32.7 Å². The normalized spacial score (nSPS) is 15.7. The van der Waals surface area contributed by atoms with E-state index >= 15 is 0 Å². The monoisotopic (exact) mass is 390 g/mol. The minimum Gasteiger partial charge on any atom is -0.403 e. The summed E-state index contributed by atoms with van der Waals surface area (Å²) in [5.41, 5.74) is 2.93. The van der Waals surface area contributed by atoms with Crippen molar-refractivity contribution >= 4 is 34.2 Å². The lowest BCUT2D eigenvalue weighted by Crippen LogP contribution is -2.15. The zero-order valence-electron chi connectivity index (χ0n) is 14.8. The summed E-state index contributed by atoms with van der Waals surface area (Å²) in [6.45, 7) is 4.02. The van der Waals surface area contributed by atoms with Gasteiger partial charge in [-0.15, -0.1) is 0 Å². The van der Waals surface area contributed by atoms with E-state index in [-0.39, 0.29) is 11.5 Å². The van der Waals surface area contributed by atoms with E-state index in [1.807, 2.05) is 6.92 Å². The van der Waals surface area contributed by atoms with Crippen LogP contribution in [-0.2, 0) is 0 Å². The van der Waals surface area contributed by atoms with Crippen LogP contribution in [0, 0.1) is 13.8 Å². The van der Waals surface area contributed by atoms with Gasteiger partial charge in [0.1, 0.15) is 5.39 Å². The molecule has 0 unspecified atom stereocenters. The molecular formula is C20H20Cl2N2O2. The summed E-state index contributed by atoms with van der Waals surface area (Å²) in [7, 11) is 0. The second kappa shape index (κ2) is 6.75. The molecule has 0 radical (unpaired) electrons. The number of benzene rings is 1. The lowest BCUT2D eigenvalue weighted by molar-refractivity contribution is 0.355. The highest BCUT2D eigenvalue weighted by Crippen LogP contribution is 2.35. The van der Waals surface area contributed by atoms with Crippen molar-refractivity contribution in [3.05, 3.63) is 49.9 Å². The van der Waals surface area contributed by atoms with Gasteiger partial charge in [0, 0.05) is 16.8 Å². The van der Waals surface area contributed by atoms with Crippen LogP contribution in [0.4, 0.5) is 0 Å². The summed E-state index contributed by atoms with van der Waals surface area (Å²) in [6, 6.07) is 5.45. The van der Waals surface area contributed by atoms with Gasteiger partial charge in [-0.3, -0.25) is 0 Å². The highest BCUT2D eigenvalue weighted by molar-refractivity contribution is 6.36. The molecule has 1 aliphatic rings. The molecule has 0 amide bonds. The minimum absolute atomic E-state index is 0.235. The summed E-state index contributed by atoms with van der Waals surface area (Å²) in [5.74, 6) is 0.235. The van der Waals surface area contributed by atoms with E-state index in [1.54, 1.807) is 18.2 Å². The third-order valence-corrected chi connectivity index (χ3v) is 5.98. The summed E-state index contributed by atoms with van der Waals surface area (Å²) in [6.07, 6.45) is 5.92. The van der Waals surface area contributed by atoms with Crippen LogP contribution in [0.2, 0.25) is 10.0 Å². The van der Waals surface area contributed by atoms with Crippen molar-refractivity contribution in [2.45, 2.75) is 52.0 Å². The Kier molecular flexibility index (Phi) is 4.57. The number of aromatic nitrogens is 2. The highest BCUT2D eigenvalue weighted by atomic mass is 35.5.